The van der Waals surface area contributed by atoms with Crippen molar-refractivity contribution >= 4 is 12.3 Å². The van der Waals surface area contributed by atoms with Gasteiger partial charge in [-0.05, 0) is 6.42 Å². The minimum absolute atomic E-state index is 0.142. The van der Waals surface area contributed by atoms with Crippen LogP contribution in [0.2, 0.25) is 0 Å². The van der Waals surface area contributed by atoms with Gasteiger partial charge in [0.15, 0.2) is 6.20 Å². The number of hydrogen-bond donors (Lipinski definition) is 0. The van der Waals surface area contributed by atoms with Crippen LogP contribution in [0.4, 0.5) is 4.79 Å². The summed E-state index contributed by atoms with van der Waals surface area (Å²) < 4.78 is 10.6. The molecule has 2 fully saturated rings. The van der Waals surface area contributed by atoms with E-state index in [1.807, 2.05) is 0 Å². The van der Waals surface area contributed by atoms with Gasteiger partial charge in [0.05, 0.1) is 26.3 Å². The Kier molecular flexibility index (Phi) is 5.53. The first-order valence-electron chi connectivity index (χ1n) is 6.62. The summed E-state index contributed by atoms with van der Waals surface area (Å²) in [6.45, 7) is 11.0. The van der Waals surface area contributed by atoms with Gasteiger partial charge >= 0.3 is 6.09 Å². The van der Waals surface area contributed by atoms with Crippen molar-refractivity contribution in [1.82, 2.24) is 9.91 Å². The van der Waals surface area contributed by atoms with Gasteiger partial charge in [-0.25, -0.2) is 9.64 Å². The van der Waals surface area contributed by atoms with Crippen molar-refractivity contribution in [2.75, 3.05) is 39.4 Å². The van der Waals surface area contributed by atoms with Crippen molar-refractivity contribution in [2.45, 2.75) is 12.5 Å². The highest BCUT2D eigenvalue weighted by molar-refractivity contribution is 5.71. The quantitative estimate of drug-likeness (QED) is 0.555. The van der Waals surface area contributed by atoms with Crippen LogP contribution in [0.15, 0.2) is 17.4 Å². The van der Waals surface area contributed by atoms with Crippen molar-refractivity contribution in [3.63, 3.8) is 0 Å². The number of nitrogens with zero attached hydrogens (tertiary/aromatic N) is 4. The first-order valence-corrected chi connectivity index (χ1v) is 6.62. The number of allylic oxidation sites excluding steroid dienone is 1. The largest absolute Gasteiger partial charge is 0.441 e. The zero-order chi connectivity index (χ0) is 14.2. The molecule has 1 amide bonds. The van der Waals surface area contributed by atoms with E-state index in [0.717, 1.165) is 32.8 Å². The Morgan fingerprint density at radius 2 is 2.25 bits per heavy atom. The third kappa shape index (κ3) is 4.33. The highest BCUT2D eigenvalue weighted by Crippen LogP contribution is 2.13. The minimum Gasteiger partial charge on any atom is -0.441 e. The van der Waals surface area contributed by atoms with Gasteiger partial charge in [-0.15, -0.1) is 0 Å². The summed E-state index contributed by atoms with van der Waals surface area (Å²) in [5, 5.41) is 5.39. The minimum atomic E-state index is -0.409. The number of hydrogen-bond acceptors (Lipinski definition) is 5. The molecule has 0 aromatic rings. The van der Waals surface area contributed by atoms with Crippen LogP contribution in [0.1, 0.15) is 6.42 Å². The smallest absolute Gasteiger partial charge is 0.430 e. The predicted molar refractivity (Wildman–Crippen MR) is 73.1 cm³/mol. The normalized spacial score (nSPS) is 24.4. The topological polar surface area (TPSA) is 58.7 Å². The van der Waals surface area contributed by atoms with E-state index >= 15 is 0 Å². The van der Waals surface area contributed by atoms with Gasteiger partial charge in [-0.1, -0.05) is 6.08 Å². The van der Waals surface area contributed by atoms with Crippen LogP contribution in [0.5, 0.6) is 0 Å². The average molecular weight is 278 g/mol. The molecule has 2 saturated heterocycles. The van der Waals surface area contributed by atoms with E-state index < -0.39 is 6.09 Å². The van der Waals surface area contributed by atoms with Gasteiger partial charge < -0.3 is 9.47 Å². The van der Waals surface area contributed by atoms with Crippen molar-refractivity contribution in [3.05, 3.63) is 23.7 Å². The van der Waals surface area contributed by atoms with E-state index in [1.165, 1.54) is 11.2 Å². The molecular weight excluding hydrogens is 260 g/mol. The van der Waals surface area contributed by atoms with Crippen molar-refractivity contribution in [2.24, 2.45) is 5.10 Å². The number of hydrazone groups is 1. The molecule has 2 aliphatic rings. The summed E-state index contributed by atoms with van der Waals surface area (Å²) in [7, 11) is 0. The third-order valence-electron chi connectivity index (χ3n) is 3.06. The highest BCUT2D eigenvalue weighted by atomic mass is 16.6. The van der Waals surface area contributed by atoms with Crippen LogP contribution in [0, 0.1) is 6.57 Å². The first kappa shape index (κ1) is 14.5. The Bertz CT molecular complexity index is 424. The summed E-state index contributed by atoms with van der Waals surface area (Å²) in [6.07, 6.45) is 4.63. The molecule has 0 spiro atoms. The second-order valence-corrected chi connectivity index (χ2v) is 4.55. The van der Waals surface area contributed by atoms with Crippen LogP contribution in [-0.4, -0.2) is 67.7 Å². The van der Waals surface area contributed by atoms with Crippen LogP contribution in [-0.2, 0) is 9.47 Å². The molecule has 0 bridgehead atoms. The second-order valence-electron chi connectivity index (χ2n) is 4.55. The Hall–Kier alpha value is -1.91. The maximum absolute atomic E-state index is 11.6. The molecule has 0 saturated carbocycles. The van der Waals surface area contributed by atoms with Crippen molar-refractivity contribution in [3.8, 4) is 0 Å². The first-order chi connectivity index (χ1) is 9.79. The average Bonchev–Trinajstić information content (AvgIpc) is 2.80. The Balaban J connectivity index is 1.75. The van der Waals surface area contributed by atoms with Crippen molar-refractivity contribution < 1.29 is 14.3 Å². The lowest BCUT2D eigenvalue weighted by atomic mass is 10.3. The fourth-order valence-corrected chi connectivity index (χ4v) is 2.09. The van der Waals surface area contributed by atoms with E-state index in [-0.39, 0.29) is 6.10 Å². The molecule has 2 aliphatic heterocycles. The van der Waals surface area contributed by atoms with Gasteiger partial charge in [-0.3, -0.25) is 4.90 Å². The van der Waals surface area contributed by atoms with Crippen LogP contribution < -0.4 is 0 Å². The number of cyclic esters (lactones) is 1. The van der Waals surface area contributed by atoms with E-state index in [0.29, 0.717) is 13.0 Å². The number of carbonyl (C=O) groups excluding carboxylic acids is 1. The Labute approximate surface area is 118 Å². The number of amides is 1. The SMILES string of the molecule is [C-]#[N+]/C=C/C/C=N/N1CC(CN2CCOCC2)OC1=O. The summed E-state index contributed by atoms with van der Waals surface area (Å²) in [5.74, 6) is 0. The molecule has 0 aromatic carbocycles. The number of rotatable bonds is 5. The predicted octanol–water partition coefficient (Wildman–Crippen LogP) is 0.948. The molecule has 2 heterocycles. The van der Waals surface area contributed by atoms with Crippen molar-refractivity contribution in [1.29, 1.82) is 0 Å². The third-order valence-corrected chi connectivity index (χ3v) is 3.06. The van der Waals surface area contributed by atoms with E-state index in [1.54, 1.807) is 12.3 Å². The highest BCUT2D eigenvalue weighted by Gasteiger charge is 2.32. The maximum Gasteiger partial charge on any atom is 0.430 e. The molecule has 20 heavy (non-hydrogen) atoms. The van der Waals surface area contributed by atoms with Crippen LogP contribution in [0.3, 0.4) is 0 Å². The summed E-state index contributed by atoms with van der Waals surface area (Å²) in [6, 6.07) is 0. The molecule has 0 radical (unpaired) electrons. The van der Waals surface area contributed by atoms with Crippen LogP contribution in [0.25, 0.3) is 4.85 Å². The van der Waals surface area contributed by atoms with Crippen LogP contribution >= 0.6 is 0 Å². The van der Waals surface area contributed by atoms with Gasteiger partial charge in [0.2, 0.25) is 0 Å². The lowest BCUT2D eigenvalue weighted by molar-refractivity contribution is 0.0188. The van der Waals surface area contributed by atoms with E-state index in [4.69, 9.17) is 16.0 Å². The zero-order valence-electron chi connectivity index (χ0n) is 11.3. The molecule has 0 N–H and O–H groups in total. The molecule has 2 rings (SSSR count). The zero-order valence-corrected chi connectivity index (χ0v) is 11.3. The van der Waals surface area contributed by atoms with Gasteiger partial charge in [0.1, 0.15) is 6.10 Å². The Morgan fingerprint density at radius 3 is 3.00 bits per heavy atom. The maximum atomic E-state index is 11.6. The fourth-order valence-electron chi connectivity index (χ4n) is 2.09. The van der Waals surface area contributed by atoms with Gasteiger partial charge in [0.25, 0.3) is 0 Å². The van der Waals surface area contributed by atoms with E-state index in [2.05, 4.69) is 14.8 Å². The van der Waals surface area contributed by atoms with Gasteiger partial charge in [-0.2, -0.15) is 10.1 Å². The number of morpholine rings is 1. The lowest BCUT2D eigenvalue weighted by Crippen LogP contribution is -2.41. The summed E-state index contributed by atoms with van der Waals surface area (Å²) >= 11 is 0. The second kappa shape index (κ2) is 7.62. The molecule has 1 atom stereocenters. The monoisotopic (exact) mass is 278 g/mol. The fraction of sp³-hybridized carbons (Fsp3) is 0.615. The molecule has 1 unspecified atom stereocenters. The summed E-state index contributed by atoms with van der Waals surface area (Å²) in [4.78, 5) is 16.9. The molecule has 0 aliphatic carbocycles. The Morgan fingerprint density at radius 1 is 1.45 bits per heavy atom. The number of carbonyl (C=O) groups is 1. The number of ether oxygens (including phenoxy) is 2. The molecule has 7 nitrogen and oxygen atoms in total. The molecule has 108 valence electrons. The van der Waals surface area contributed by atoms with Gasteiger partial charge in [0, 0.05) is 25.8 Å². The molecule has 7 heteroatoms. The standard InChI is InChI=1S/C13H18N4O3/c1-14-4-2-3-5-15-17-11-12(20-13(17)18)10-16-6-8-19-9-7-16/h2,4-5,12H,3,6-11H2/b4-2+,15-5+. The van der Waals surface area contributed by atoms with E-state index in [9.17, 15) is 4.79 Å². The summed E-state index contributed by atoms with van der Waals surface area (Å²) in [5.41, 5.74) is 0. The molecule has 0 aromatic heterocycles. The molecular formula is C13H18N4O3. The lowest BCUT2D eigenvalue weighted by Gasteiger charge is -2.27.